The van der Waals surface area contributed by atoms with E-state index in [9.17, 15) is 8.42 Å². The summed E-state index contributed by atoms with van der Waals surface area (Å²) in [6.45, 7) is 0. The van der Waals surface area contributed by atoms with Gasteiger partial charge < -0.3 is 5.73 Å². The van der Waals surface area contributed by atoms with Crippen LogP contribution in [0.15, 0.2) is 29.4 Å². The molecule has 0 aliphatic heterocycles. The Morgan fingerprint density at radius 1 is 1.44 bits per heavy atom. The molecule has 0 saturated heterocycles. The maximum absolute atomic E-state index is 12.1. The summed E-state index contributed by atoms with van der Waals surface area (Å²) in [5, 5.41) is 4.12. The first-order valence-electron chi connectivity index (χ1n) is 4.82. The predicted octanol–water partition coefficient (Wildman–Crippen LogP) is 0.852. The highest BCUT2D eigenvalue weighted by Gasteiger charge is 2.19. The summed E-state index contributed by atoms with van der Waals surface area (Å²) in [6.07, 6.45) is 1.24. The molecule has 0 amide bonds. The van der Waals surface area contributed by atoms with Crippen molar-refractivity contribution >= 4 is 33.3 Å². The Morgan fingerprint density at radius 2 is 2.17 bits per heavy atom. The zero-order valence-corrected chi connectivity index (χ0v) is 10.9. The van der Waals surface area contributed by atoms with Crippen molar-refractivity contribution in [3.63, 3.8) is 0 Å². The van der Waals surface area contributed by atoms with Crippen molar-refractivity contribution in [1.29, 1.82) is 0 Å². The van der Waals surface area contributed by atoms with Crippen LogP contribution in [-0.4, -0.2) is 23.2 Å². The van der Waals surface area contributed by atoms with Crippen LogP contribution < -0.4 is 10.5 Å². The van der Waals surface area contributed by atoms with Gasteiger partial charge in [0.1, 0.15) is 11.2 Å². The van der Waals surface area contributed by atoms with E-state index in [1.165, 1.54) is 29.2 Å². The number of nitrogens with zero attached hydrogens (tertiary/aromatic N) is 3. The van der Waals surface area contributed by atoms with Gasteiger partial charge in [-0.25, -0.2) is 17.8 Å². The van der Waals surface area contributed by atoms with Crippen molar-refractivity contribution < 1.29 is 8.42 Å². The average molecular weight is 288 g/mol. The minimum atomic E-state index is -3.81. The molecule has 9 heteroatoms. The summed E-state index contributed by atoms with van der Waals surface area (Å²) in [5.74, 6) is 0.101. The number of nitrogen functional groups attached to an aromatic ring is 1. The van der Waals surface area contributed by atoms with E-state index in [2.05, 4.69) is 14.8 Å². The number of halogens is 1. The van der Waals surface area contributed by atoms with E-state index in [0.29, 0.717) is 5.02 Å². The van der Waals surface area contributed by atoms with Gasteiger partial charge in [-0.3, -0.25) is 0 Å². The molecule has 18 heavy (non-hydrogen) atoms. The van der Waals surface area contributed by atoms with Gasteiger partial charge in [0.15, 0.2) is 0 Å². The molecule has 0 bridgehead atoms. The number of hydrogen-bond acceptors (Lipinski definition) is 5. The van der Waals surface area contributed by atoms with Crippen LogP contribution in [0.4, 0.5) is 11.6 Å². The molecule has 1 aromatic carbocycles. The first-order valence-corrected chi connectivity index (χ1v) is 6.68. The summed E-state index contributed by atoms with van der Waals surface area (Å²) < 4.78 is 27.7. The molecule has 0 unspecified atom stereocenters. The molecule has 0 radical (unpaired) electrons. The fourth-order valence-corrected chi connectivity index (χ4v) is 2.66. The number of nitrogens with two attached hydrogens (primary N) is 1. The van der Waals surface area contributed by atoms with Gasteiger partial charge in [0.25, 0.3) is 10.0 Å². The van der Waals surface area contributed by atoms with E-state index in [1.54, 1.807) is 7.05 Å². The van der Waals surface area contributed by atoms with Gasteiger partial charge in [0.2, 0.25) is 5.95 Å². The topological polar surface area (TPSA) is 103 Å². The quantitative estimate of drug-likeness (QED) is 0.815. The Bertz CT molecular complexity index is 682. The van der Waals surface area contributed by atoms with E-state index in [4.69, 9.17) is 17.3 Å². The Morgan fingerprint density at radius 3 is 2.72 bits per heavy atom. The van der Waals surface area contributed by atoms with E-state index >= 15 is 0 Å². The Balaban J connectivity index is 2.40. The zero-order valence-electron chi connectivity index (χ0n) is 9.33. The number of aromatic nitrogens is 3. The Labute approximate surface area is 109 Å². The number of aryl methyl sites for hydroxylation is 1. The van der Waals surface area contributed by atoms with Crippen molar-refractivity contribution in [2.75, 3.05) is 10.5 Å². The van der Waals surface area contributed by atoms with Crippen LogP contribution in [0.5, 0.6) is 0 Å². The van der Waals surface area contributed by atoms with Gasteiger partial charge in [-0.2, -0.15) is 10.1 Å². The van der Waals surface area contributed by atoms with Gasteiger partial charge in [0, 0.05) is 12.1 Å². The Hall–Kier alpha value is -1.80. The number of nitrogens with one attached hydrogen (secondary N) is 1. The second kappa shape index (κ2) is 4.46. The summed E-state index contributed by atoms with van der Waals surface area (Å²) >= 11 is 5.71. The molecule has 0 fully saturated rings. The molecule has 96 valence electrons. The first-order chi connectivity index (χ1) is 8.40. The molecular weight excluding hydrogens is 278 g/mol. The highest BCUT2D eigenvalue weighted by Crippen LogP contribution is 2.23. The largest absolute Gasteiger partial charge is 0.398 e. The lowest BCUT2D eigenvalue weighted by Gasteiger charge is -2.09. The molecular formula is C9H10ClN5O2S. The molecule has 0 aliphatic carbocycles. The summed E-state index contributed by atoms with van der Waals surface area (Å²) in [6, 6.07) is 4.15. The molecule has 1 heterocycles. The molecule has 3 N–H and O–H groups in total. The normalized spacial score (nSPS) is 11.4. The summed E-state index contributed by atoms with van der Waals surface area (Å²) in [7, 11) is -2.24. The molecule has 0 saturated carbocycles. The lowest BCUT2D eigenvalue weighted by Crippen LogP contribution is -2.17. The van der Waals surface area contributed by atoms with E-state index in [-0.39, 0.29) is 16.5 Å². The summed E-state index contributed by atoms with van der Waals surface area (Å²) in [5.41, 5.74) is 5.69. The smallest absolute Gasteiger partial charge is 0.266 e. The van der Waals surface area contributed by atoms with Crippen LogP contribution in [0.3, 0.4) is 0 Å². The lowest BCUT2D eigenvalue weighted by molar-refractivity contribution is 0.600. The van der Waals surface area contributed by atoms with Crippen LogP contribution in [0.2, 0.25) is 5.02 Å². The summed E-state index contributed by atoms with van der Waals surface area (Å²) in [4.78, 5) is 3.71. The third kappa shape index (κ3) is 2.39. The average Bonchev–Trinajstić information content (AvgIpc) is 2.63. The number of hydrogen-bond donors (Lipinski definition) is 2. The molecule has 1 aromatic heterocycles. The van der Waals surface area contributed by atoms with Crippen LogP contribution in [0.25, 0.3) is 0 Å². The van der Waals surface area contributed by atoms with Gasteiger partial charge in [-0.05, 0) is 18.2 Å². The highest BCUT2D eigenvalue weighted by molar-refractivity contribution is 7.92. The third-order valence-corrected chi connectivity index (χ3v) is 3.84. The van der Waals surface area contributed by atoms with E-state index in [0.717, 1.165) is 0 Å². The molecule has 0 spiro atoms. The molecule has 2 rings (SSSR count). The third-order valence-electron chi connectivity index (χ3n) is 2.20. The van der Waals surface area contributed by atoms with Gasteiger partial charge in [-0.1, -0.05) is 11.6 Å². The monoisotopic (exact) mass is 287 g/mol. The van der Waals surface area contributed by atoms with Crippen LogP contribution in [0.1, 0.15) is 0 Å². The van der Waals surface area contributed by atoms with Gasteiger partial charge >= 0.3 is 0 Å². The number of anilines is 2. The van der Waals surface area contributed by atoms with Crippen molar-refractivity contribution in [2.45, 2.75) is 4.90 Å². The first kappa shape index (κ1) is 12.7. The van der Waals surface area contributed by atoms with Gasteiger partial charge in [0.05, 0.1) is 5.69 Å². The Kier molecular flexibility index (Phi) is 3.14. The highest BCUT2D eigenvalue weighted by atomic mass is 35.5. The molecule has 7 nitrogen and oxygen atoms in total. The molecule has 2 aromatic rings. The van der Waals surface area contributed by atoms with Gasteiger partial charge in [-0.15, -0.1) is 0 Å². The fourth-order valence-electron chi connectivity index (χ4n) is 1.33. The van der Waals surface area contributed by atoms with Crippen molar-refractivity contribution in [1.82, 2.24) is 14.8 Å². The number of sulfonamides is 1. The van der Waals surface area contributed by atoms with Crippen LogP contribution in [-0.2, 0) is 17.1 Å². The molecule has 0 atom stereocenters. The van der Waals surface area contributed by atoms with E-state index in [1.807, 2.05) is 0 Å². The number of rotatable bonds is 3. The molecule has 0 aliphatic rings. The zero-order chi connectivity index (χ0) is 13.3. The van der Waals surface area contributed by atoms with Crippen LogP contribution in [0, 0.1) is 0 Å². The maximum Gasteiger partial charge on any atom is 0.266 e. The van der Waals surface area contributed by atoms with Crippen molar-refractivity contribution in [2.24, 2.45) is 7.05 Å². The van der Waals surface area contributed by atoms with Crippen molar-refractivity contribution in [3.05, 3.63) is 29.5 Å². The predicted molar refractivity (Wildman–Crippen MR) is 67.7 cm³/mol. The standard InChI is InChI=1S/C9H10ClN5O2S/c1-15-9(12-5-13-15)14-18(16,17)8-3-2-6(10)4-7(8)11/h2-5H,11H2,1H3,(H,12,13,14). The fraction of sp³-hybridized carbons (Fsp3) is 0.111. The SMILES string of the molecule is Cn1ncnc1NS(=O)(=O)c1ccc(Cl)cc1N. The minimum absolute atomic E-state index is 0.0603. The minimum Gasteiger partial charge on any atom is -0.398 e. The number of benzene rings is 1. The van der Waals surface area contributed by atoms with Crippen LogP contribution >= 0.6 is 11.6 Å². The second-order valence-corrected chi connectivity index (χ2v) is 5.58. The maximum atomic E-state index is 12.1. The lowest BCUT2D eigenvalue weighted by atomic mass is 10.3. The van der Waals surface area contributed by atoms with Crippen molar-refractivity contribution in [3.8, 4) is 0 Å². The van der Waals surface area contributed by atoms with E-state index < -0.39 is 10.0 Å². The second-order valence-electron chi connectivity index (χ2n) is 3.49.